The highest BCUT2D eigenvalue weighted by molar-refractivity contribution is 5.70. The summed E-state index contributed by atoms with van der Waals surface area (Å²) in [6.45, 7) is 0. The van der Waals surface area contributed by atoms with Crippen LogP contribution in [0.25, 0.3) is 0 Å². The maximum absolute atomic E-state index is 13.4. The summed E-state index contributed by atoms with van der Waals surface area (Å²) in [5, 5.41) is 0. The predicted octanol–water partition coefficient (Wildman–Crippen LogP) is 1.40. The highest BCUT2D eigenvalue weighted by atomic mass is 19.1. The van der Waals surface area contributed by atoms with Crippen LogP contribution in [0.4, 0.5) is 4.39 Å². The van der Waals surface area contributed by atoms with Gasteiger partial charge in [0.2, 0.25) is 0 Å². The molecular formula is C11H14FNO3. The fourth-order valence-electron chi connectivity index (χ4n) is 1.31. The number of nitrogens with two attached hydrogens (primary N) is 1. The van der Waals surface area contributed by atoms with E-state index in [1.165, 1.54) is 32.4 Å². The number of carbonyl (C=O) groups is 1. The van der Waals surface area contributed by atoms with E-state index in [0.29, 0.717) is 5.75 Å². The maximum Gasteiger partial charge on any atom is 0.307 e. The number of carbonyl (C=O) groups excluding carboxylic acids is 1. The summed E-state index contributed by atoms with van der Waals surface area (Å²) in [5.41, 5.74) is 5.94. The Morgan fingerprint density at radius 1 is 1.50 bits per heavy atom. The minimum atomic E-state index is -0.734. The molecule has 0 aromatic heterocycles. The number of ether oxygens (including phenoxy) is 2. The molecule has 88 valence electrons. The SMILES string of the molecule is COC(=O)C[C@@H](N)c1cc(OC)ccc1F. The van der Waals surface area contributed by atoms with Crippen LogP contribution in [0.5, 0.6) is 5.75 Å². The molecule has 0 aliphatic heterocycles. The van der Waals surface area contributed by atoms with Gasteiger partial charge < -0.3 is 15.2 Å². The van der Waals surface area contributed by atoms with Crippen LogP contribution < -0.4 is 10.5 Å². The van der Waals surface area contributed by atoms with Gasteiger partial charge in [0.25, 0.3) is 0 Å². The summed E-state index contributed by atoms with van der Waals surface area (Å²) < 4.78 is 22.8. The van der Waals surface area contributed by atoms with Crippen molar-refractivity contribution in [3.05, 3.63) is 29.6 Å². The van der Waals surface area contributed by atoms with E-state index in [-0.39, 0.29) is 12.0 Å². The summed E-state index contributed by atoms with van der Waals surface area (Å²) in [5.74, 6) is -0.441. The molecule has 0 radical (unpaired) electrons. The van der Waals surface area contributed by atoms with Crippen molar-refractivity contribution in [3.8, 4) is 5.75 Å². The normalized spacial score (nSPS) is 12.0. The topological polar surface area (TPSA) is 61.5 Å². The van der Waals surface area contributed by atoms with Crippen molar-refractivity contribution in [2.75, 3.05) is 14.2 Å². The standard InChI is InChI=1S/C11H14FNO3/c1-15-7-3-4-9(12)8(5-7)10(13)6-11(14)16-2/h3-5,10H,6,13H2,1-2H3/t10-/m1/s1. The number of hydrogen-bond acceptors (Lipinski definition) is 4. The van der Waals surface area contributed by atoms with Gasteiger partial charge >= 0.3 is 5.97 Å². The molecule has 0 unspecified atom stereocenters. The van der Waals surface area contributed by atoms with Crippen molar-refractivity contribution < 1.29 is 18.7 Å². The minimum absolute atomic E-state index is 0.0689. The number of esters is 1. The lowest BCUT2D eigenvalue weighted by atomic mass is 10.0. The van der Waals surface area contributed by atoms with Gasteiger partial charge in [0, 0.05) is 11.6 Å². The van der Waals surface area contributed by atoms with E-state index in [0.717, 1.165) is 0 Å². The predicted molar refractivity (Wildman–Crippen MR) is 56.5 cm³/mol. The Balaban J connectivity index is 2.88. The number of rotatable bonds is 4. The van der Waals surface area contributed by atoms with E-state index in [1.807, 2.05) is 0 Å². The molecule has 0 bridgehead atoms. The second-order valence-corrected chi connectivity index (χ2v) is 3.27. The first-order chi connectivity index (χ1) is 7.58. The zero-order valence-corrected chi connectivity index (χ0v) is 9.20. The average Bonchev–Trinajstić information content (AvgIpc) is 2.29. The van der Waals surface area contributed by atoms with Crippen LogP contribution in [-0.4, -0.2) is 20.2 Å². The molecule has 0 amide bonds. The van der Waals surface area contributed by atoms with Crippen LogP contribution in [0.1, 0.15) is 18.0 Å². The van der Waals surface area contributed by atoms with E-state index in [1.54, 1.807) is 0 Å². The summed E-state index contributed by atoms with van der Waals surface area (Å²) in [4.78, 5) is 11.0. The van der Waals surface area contributed by atoms with Crippen LogP contribution >= 0.6 is 0 Å². The lowest BCUT2D eigenvalue weighted by Gasteiger charge is -2.12. The van der Waals surface area contributed by atoms with Crippen LogP contribution in [0.2, 0.25) is 0 Å². The van der Waals surface area contributed by atoms with Gasteiger partial charge in [-0.2, -0.15) is 0 Å². The second-order valence-electron chi connectivity index (χ2n) is 3.27. The smallest absolute Gasteiger partial charge is 0.307 e. The summed E-state index contributed by atoms with van der Waals surface area (Å²) >= 11 is 0. The molecule has 1 atom stereocenters. The zero-order chi connectivity index (χ0) is 12.1. The molecule has 1 rings (SSSR count). The fraction of sp³-hybridized carbons (Fsp3) is 0.364. The van der Waals surface area contributed by atoms with E-state index in [2.05, 4.69) is 4.74 Å². The Hall–Kier alpha value is -1.62. The van der Waals surface area contributed by atoms with Crippen molar-refractivity contribution in [2.45, 2.75) is 12.5 Å². The molecule has 1 aromatic carbocycles. The van der Waals surface area contributed by atoms with Crippen molar-refractivity contribution >= 4 is 5.97 Å². The molecule has 2 N–H and O–H groups in total. The molecule has 16 heavy (non-hydrogen) atoms. The van der Waals surface area contributed by atoms with Crippen molar-refractivity contribution in [2.24, 2.45) is 5.73 Å². The van der Waals surface area contributed by atoms with Gasteiger partial charge in [-0.15, -0.1) is 0 Å². The highest BCUT2D eigenvalue weighted by Crippen LogP contribution is 2.23. The van der Waals surface area contributed by atoms with Crippen molar-refractivity contribution in [1.82, 2.24) is 0 Å². The van der Waals surface area contributed by atoms with E-state index in [4.69, 9.17) is 10.5 Å². The van der Waals surface area contributed by atoms with Crippen LogP contribution in [0.3, 0.4) is 0 Å². The highest BCUT2D eigenvalue weighted by Gasteiger charge is 2.16. The molecular weight excluding hydrogens is 213 g/mol. The van der Waals surface area contributed by atoms with Gasteiger partial charge in [0.05, 0.1) is 20.6 Å². The summed E-state index contributed by atoms with van der Waals surface area (Å²) in [6.07, 6.45) is -0.0689. The van der Waals surface area contributed by atoms with Gasteiger partial charge in [-0.3, -0.25) is 4.79 Å². The Labute approximate surface area is 93.2 Å². The zero-order valence-electron chi connectivity index (χ0n) is 9.20. The molecule has 4 nitrogen and oxygen atoms in total. The minimum Gasteiger partial charge on any atom is -0.497 e. The third-order valence-corrected chi connectivity index (χ3v) is 2.22. The molecule has 0 saturated carbocycles. The third kappa shape index (κ3) is 2.93. The second kappa shape index (κ2) is 5.46. The largest absolute Gasteiger partial charge is 0.497 e. The Morgan fingerprint density at radius 3 is 2.75 bits per heavy atom. The molecule has 0 saturated heterocycles. The molecule has 0 heterocycles. The van der Waals surface area contributed by atoms with E-state index >= 15 is 0 Å². The quantitative estimate of drug-likeness (QED) is 0.790. The van der Waals surface area contributed by atoms with E-state index in [9.17, 15) is 9.18 Å². The van der Waals surface area contributed by atoms with Gasteiger partial charge in [-0.1, -0.05) is 0 Å². The molecule has 0 spiro atoms. The Kier molecular flexibility index (Phi) is 4.25. The summed E-state index contributed by atoms with van der Waals surface area (Å²) in [6, 6.07) is 3.49. The molecule has 0 aliphatic carbocycles. The first-order valence-electron chi connectivity index (χ1n) is 4.74. The lowest BCUT2D eigenvalue weighted by Crippen LogP contribution is -2.17. The number of hydrogen-bond donors (Lipinski definition) is 1. The number of halogens is 1. The number of methoxy groups -OCH3 is 2. The van der Waals surface area contributed by atoms with Crippen molar-refractivity contribution in [1.29, 1.82) is 0 Å². The first kappa shape index (κ1) is 12.4. The first-order valence-corrected chi connectivity index (χ1v) is 4.74. The lowest BCUT2D eigenvalue weighted by molar-refractivity contribution is -0.141. The van der Waals surface area contributed by atoms with Gasteiger partial charge in [-0.25, -0.2) is 4.39 Å². The van der Waals surface area contributed by atoms with Crippen molar-refractivity contribution in [3.63, 3.8) is 0 Å². The van der Waals surface area contributed by atoms with Gasteiger partial charge in [-0.05, 0) is 18.2 Å². The monoisotopic (exact) mass is 227 g/mol. The Morgan fingerprint density at radius 2 is 2.19 bits per heavy atom. The molecule has 1 aromatic rings. The van der Waals surface area contributed by atoms with Crippen LogP contribution in [0, 0.1) is 5.82 Å². The van der Waals surface area contributed by atoms with E-state index < -0.39 is 17.8 Å². The van der Waals surface area contributed by atoms with Gasteiger partial charge in [0.15, 0.2) is 0 Å². The third-order valence-electron chi connectivity index (χ3n) is 2.22. The van der Waals surface area contributed by atoms with Crippen LogP contribution in [-0.2, 0) is 9.53 Å². The van der Waals surface area contributed by atoms with Gasteiger partial charge in [0.1, 0.15) is 11.6 Å². The van der Waals surface area contributed by atoms with Crippen LogP contribution in [0.15, 0.2) is 18.2 Å². The molecule has 5 heteroatoms. The summed E-state index contributed by atoms with van der Waals surface area (Å²) in [7, 11) is 2.74. The fourth-order valence-corrected chi connectivity index (χ4v) is 1.31. The maximum atomic E-state index is 13.4. The number of benzene rings is 1. The molecule has 0 aliphatic rings. The Bertz CT molecular complexity index is 381. The average molecular weight is 227 g/mol. The molecule has 0 fully saturated rings.